The molecule has 128 valence electrons. The van der Waals surface area contributed by atoms with E-state index in [0.717, 1.165) is 28.4 Å². The summed E-state index contributed by atoms with van der Waals surface area (Å²) in [6.07, 6.45) is 0. The molecule has 0 saturated carbocycles. The Morgan fingerprint density at radius 2 is 2.04 bits per heavy atom. The molecule has 0 spiro atoms. The zero-order chi connectivity index (χ0) is 17.5. The highest BCUT2D eigenvalue weighted by molar-refractivity contribution is 7.94. The molecule has 3 aromatic rings. The number of H-pyrrole nitrogens is 1. The van der Waals surface area contributed by atoms with Gasteiger partial charge in [-0.1, -0.05) is 26.8 Å². The molecule has 0 atom stereocenters. The van der Waals surface area contributed by atoms with Crippen molar-refractivity contribution in [3.05, 3.63) is 41.2 Å². The molecule has 0 saturated heterocycles. The van der Waals surface area contributed by atoms with Gasteiger partial charge in [-0.25, -0.2) is 8.42 Å². The summed E-state index contributed by atoms with van der Waals surface area (Å²) < 4.78 is 33.0. The van der Waals surface area contributed by atoms with Crippen LogP contribution in [0.2, 0.25) is 0 Å². The second kappa shape index (κ2) is 5.78. The van der Waals surface area contributed by atoms with Crippen molar-refractivity contribution in [1.82, 2.24) is 10.2 Å². The third-order valence-corrected chi connectivity index (χ3v) is 6.28. The maximum absolute atomic E-state index is 12.2. The van der Waals surface area contributed by atoms with Crippen molar-refractivity contribution in [1.29, 1.82) is 0 Å². The van der Waals surface area contributed by atoms with Gasteiger partial charge in [-0.05, 0) is 24.4 Å². The summed E-state index contributed by atoms with van der Waals surface area (Å²) in [5, 5.41) is 8.63. The summed E-state index contributed by atoms with van der Waals surface area (Å²) in [6, 6.07) is 6.87. The molecule has 0 radical (unpaired) electrons. The normalized spacial score (nSPS) is 12.5. The van der Waals surface area contributed by atoms with Crippen LogP contribution in [0.4, 0.5) is 5.82 Å². The number of aromatic amines is 1. The Labute approximate surface area is 145 Å². The smallest absolute Gasteiger partial charge is 0.272 e. The van der Waals surface area contributed by atoms with Gasteiger partial charge in [0.05, 0.1) is 5.69 Å². The second-order valence-electron chi connectivity index (χ2n) is 6.53. The SMILES string of the molecule is Cc1oc(C(C)(C)C)cc1-c1cc(NS(=O)(=O)c2cccs2)n[nH]1. The van der Waals surface area contributed by atoms with Gasteiger partial charge in [-0.15, -0.1) is 11.3 Å². The Morgan fingerprint density at radius 3 is 2.62 bits per heavy atom. The minimum atomic E-state index is -3.60. The van der Waals surface area contributed by atoms with Gasteiger partial charge in [0, 0.05) is 17.0 Å². The zero-order valence-electron chi connectivity index (χ0n) is 13.9. The molecule has 3 aromatic heterocycles. The topological polar surface area (TPSA) is 88.0 Å². The number of nitrogens with zero attached hydrogens (tertiary/aromatic N) is 1. The molecule has 0 aliphatic heterocycles. The number of anilines is 1. The van der Waals surface area contributed by atoms with E-state index in [-0.39, 0.29) is 15.4 Å². The first-order chi connectivity index (χ1) is 11.2. The number of rotatable bonds is 4. The summed E-state index contributed by atoms with van der Waals surface area (Å²) in [4.78, 5) is 0. The molecule has 0 aliphatic rings. The van der Waals surface area contributed by atoms with Gasteiger partial charge in [-0.3, -0.25) is 9.82 Å². The summed E-state index contributed by atoms with van der Waals surface area (Å²) in [7, 11) is -3.60. The first kappa shape index (κ1) is 16.8. The predicted molar refractivity (Wildman–Crippen MR) is 94.9 cm³/mol. The van der Waals surface area contributed by atoms with E-state index in [1.165, 1.54) is 0 Å². The molecule has 3 heterocycles. The van der Waals surface area contributed by atoms with Crippen LogP contribution in [0.15, 0.2) is 38.3 Å². The third kappa shape index (κ3) is 3.25. The summed E-state index contributed by atoms with van der Waals surface area (Å²) in [5.74, 6) is 1.87. The molecular formula is C16H19N3O3S2. The lowest BCUT2D eigenvalue weighted by atomic mass is 9.93. The predicted octanol–water partition coefficient (Wildman–Crippen LogP) is 4.14. The Kier molecular flexibility index (Phi) is 4.05. The quantitative estimate of drug-likeness (QED) is 0.727. The molecule has 8 heteroatoms. The number of hydrogen-bond acceptors (Lipinski definition) is 5. The van der Waals surface area contributed by atoms with E-state index >= 15 is 0 Å². The van der Waals surface area contributed by atoms with Crippen molar-refractivity contribution >= 4 is 27.2 Å². The van der Waals surface area contributed by atoms with Crippen molar-refractivity contribution in [3.8, 4) is 11.3 Å². The van der Waals surface area contributed by atoms with Gasteiger partial charge in [0.25, 0.3) is 10.0 Å². The van der Waals surface area contributed by atoms with Crippen LogP contribution in [-0.4, -0.2) is 18.6 Å². The Balaban J connectivity index is 1.88. The van der Waals surface area contributed by atoms with E-state index in [4.69, 9.17) is 4.42 Å². The van der Waals surface area contributed by atoms with Crippen LogP contribution in [0.5, 0.6) is 0 Å². The Morgan fingerprint density at radius 1 is 1.29 bits per heavy atom. The summed E-state index contributed by atoms with van der Waals surface area (Å²) in [5.41, 5.74) is 1.47. The number of aromatic nitrogens is 2. The van der Waals surface area contributed by atoms with Gasteiger partial charge in [-0.2, -0.15) is 5.10 Å². The first-order valence-electron chi connectivity index (χ1n) is 7.40. The molecule has 0 fully saturated rings. The number of hydrogen-bond donors (Lipinski definition) is 2. The average Bonchev–Trinajstić information content (AvgIpc) is 3.16. The second-order valence-corrected chi connectivity index (χ2v) is 9.39. The molecule has 0 bridgehead atoms. The molecular weight excluding hydrogens is 346 g/mol. The van der Waals surface area contributed by atoms with Gasteiger partial charge < -0.3 is 4.42 Å². The molecule has 0 unspecified atom stereocenters. The minimum absolute atomic E-state index is 0.105. The van der Waals surface area contributed by atoms with E-state index in [0.29, 0.717) is 5.69 Å². The van der Waals surface area contributed by atoms with Crippen molar-refractivity contribution < 1.29 is 12.8 Å². The number of aryl methyl sites for hydroxylation is 1. The maximum atomic E-state index is 12.2. The van der Waals surface area contributed by atoms with Crippen molar-refractivity contribution in [3.63, 3.8) is 0 Å². The van der Waals surface area contributed by atoms with Crippen molar-refractivity contribution in [2.75, 3.05) is 4.72 Å². The molecule has 2 N–H and O–H groups in total. The van der Waals surface area contributed by atoms with E-state index < -0.39 is 10.0 Å². The highest BCUT2D eigenvalue weighted by Crippen LogP contribution is 2.33. The highest BCUT2D eigenvalue weighted by atomic mass is 32.2. The van der Waals surface area contributed by atoms with Crippen LogP contribution in [0, 0.1) is 6.92 Å². The van der Waals surface area contributed by atoms with Crippen molar-refractivity contribution in [2.45, 2.75) is 37.3 Å². The molecule has 0 aliphatic carbocycles. The Hall–Kier alpha value is -2.06. The lowest BCUT2D eigenvalue weighted by molar-refractivity contribution is 0.396. The van der Waals surface area contributed by atoms with E-state index in [2.05, 4.69) is 35.7 Å². The lowest BCUT2D eigenvalue weighted by Gasteiger charge is -2.13. The average molecular weight is 365 g/mol. The number of sulfonamides is 1. The fourth-order valence-electron chi connectivity index (χ4n) is 2.24. The van der Waals surface area contributed by atoms with Crippen LogP contribution in [0.3, 0.4) is 0 Å². The number of furan rings is 1. The monoisotopic (exact) mass is 365 g/mol. The largest absolute Gasteiger partial charge is 0.465 e. The lowest BCUT2D eigenvalue weighted by Crippen LogP contribution is -2.11. The summed E-state index contributed by atoms with van der Waals surface area (Å²) in [6.45, 7) is 8.09. The standard InChI is InChI=1S/C16H19N3O3S2/c1-10-11(8-13(22-10)16(2,3)4)12-9-14(18-17-12)19-24(20,21)15-6-5-7-23-15/h5-9H,1-4H3,(H2,17,18,19). The van der Waals surface area contributed by atoms with Gasteiger partial charge in [0.15, 0.2) is 5.82 Å². The molecule has 0 amide bonds. The van der Waals surface area contributed by atoms with Crippen molar-refractivity contribution in [2.24, 2.45) is 0 Å². The number of thiophene rings is 1. The van der Waals surface area contributed by atoms with E-state index in [9.17, 15) is 8.42 Å². The van der Waals surface area contributed by atoms with Crippen LogP contribution < -0.4 is 4.72 Å². The minimum Gasteiger partial charge on any atom is -0.465 e. The molecule has 0 aromatic carbocycles. The third-order valence-electron chi connectivity index (χ3n) is 3.52. The summed E-state index contributed by atoms with van der Waals surface area (Å²) >= 11 is 1.16. The fourth-order valence-corrected chi connectivity index (χ4v) is 4.22. The van der Waals surface area contributed by atoms with Crippen LogP contribution in [0.1, 0.15) is 32.3 Å². The molecule has 3 rings (SSSR count). The van der Waals surface area contributed by atoms with E-state index in [1.807, 2.05) is 13.0 Å². The van der Waals surface area contributed by atoms with Gasteiger partial charge in [0.2, 0.25) is 0 Å². The first-order valence-corrected chi connectivity index (χ1v) is 9.76. The maximum Gasteiger partial charge on any atom is 0.272 e. The fraction of sp³-hybridized carbons (Fsp3) is 0.312. The Bertz CT molecular complexity index is 945. The van der Waals surface area contributed by atoms with E-state index in [1.54, 1.807) is 23.6 Å². The number of nitrogens with one attached hydrogen (secondary N) is 2. The van der Waals surface area contributed by atoms with Gasteiger partial charge in [0.1, 0.15) is 15.7 Å². The molecule has 6 nitrogen and oxygen atoms in total. The van der Waals surface area contributed by atoms with Crippen LogP contribution in [-0.2, 0) is 15.4 Å². The zero-order valence-corrected chi connectivity index (χ0v) is 15.5. The molecule has 24 heavy (non-hydrogen) atoms. The van der Waals surface area contributed by atoms with Crippen LogP contribution in [0.25, 0.3) is 11.3 Å². The van der Waals surface area contributed by atoms with Gasteiger partial charge >= 0.3 is 0 Å². The highest BCUT2D eigenvalue weighted by Gasteiger charge is 2.22. The van der Waals surface area contributed by atoms with Crippen LogP contribution >= 0.6 is 11.3 Å².